The highest BCUT2D eigenvalue weighted by Crippen LogP contribution is 2.18. The van der Waals surface area contributed by atoms with Gasteiger partial charge in [0.25, 0.3) is 5.91 Å². The van der Waals surface area contributed by atoms with Crippen molar-refractivity contribution in [3.05, 3.63) is 15.6 Å². The highest BCUT2D eigenvalue weighted by atomic mass is 32.1. The number of hydrogen-bond acceptors (Lipinski definition) is 4. The number of nitrogens with zero attached hydrogens (tertiary/aromatic N) is 1. The molecule has 0 bridgehead atoms. The standard InChI is InChI=1S/C10H14N2O3S/c1-3-4-7-12-9(6(2)16-7)10(15)11-5-8(13)14/h3-5H2,1-2H3,(H,11,15)(H,13,14). The number of thiazole rings is 1. The number of amides is 1. The van der Waals surface area contributed by atoms with Crippen molar-refractivity contribution < 1.29 is 14.7 Å². The molecule has 0 aliphatic heterocycles. The summed E-state index contributed by atoms with van der Waals surface area (Å²) < 4.78 is 0. The Kier molecular flexibility index (Phi) is 4.42. The van der Waals surface area contributed by atoms with Crippen LogP contribution in [-0.2, 0) is 11.2 Å². The first-order chi connectivity index (χ1) is 7.54. The van der Waals surface area contributed by atoms with Crippen molar-refractivity contribution in [2.75, 3.05) is 6.54 Å². The lowest BCUT2D eigenvalue weighted by Crippen LogP contribution is -2.29. The zero-order chi connectivity index (χ0) is 12.1. The number of carboxylic acids is 1. The van der Waals surface area contributed by atoms with E-state index >= 15 is 0 Å². The second-order valence-electron chi connectivity index (χ2n) is 3.34. The maximum atomic E-state index is 11.6. The van der Waals surface area contributed by atoms with E-state index in [1.807, 2.05) is 13.8 Å². The lowest BCUT2D eigenvalue weighted by atomic mass is 10.3. The molecule has 0 aliphatic carbocycles. The van der Waals surface area contributed by atoms with Gasteiger partial charge in [-0.05, 0) is 19.8 Å². The van der Waals surface area contributed by atoms with E-state index in [1.54, 1.807) is 0 Å². The molecule has 5 nitrogen and oxygen atoms in total. The topological polar surface area (TPSA) is 79.3 Å². The Balaban J connectivity index is 2.71. The molecular formula is C10H14N2O3S. The van der Waals surface area contributed by atoms with E-state index < -0.39 is 11.9 Å². The van der Waals surface area contributed by atoms with Crippen LogP contribution in [0.2, 0.25) is 0 Å². The van der Waals surface area contributed by atoms with E-state index in [2.05, 4.69) is 10.3 Å². The Bertz CT molecular complexity index is 401. The Morgan fingerprint density at radius 1 is 1.50 bits per heavy atom. The van der Waals surface area contributed by atoms with E-state index in [4.69, 9.17) is 5.11 Å². The number of aryl methyl sites for hydroxylation is 2. The molecule has 1 aromatic heterocycles. The number of aliphatic carboxylic acids is 1. The van der Waals surface area contributed by atoms with Crippen molar-refractivity contribution in [1.82, 2.24) is 10.3 Å². The molecule has 0 unspecified atom stereocenters. The third-order valence-corrected chi connectivity index (χ3v) is 2.95. The van der Waals surface area contributed by atoms with Gasteiger partial charge in [-0.1, -0.05) is 6.92 Å². The van der Waals surface area contributed by atoms with Crippen LogP contribution in [0.3, 0.4) is 0 Å². The Labute approximate surface area is 97.5 Å². The summed E-state index contributed by atoms with van der Waals surface area (Å²) in [7, 11) is 0. The highest BCUT2D eigenvalue weighted by Gasteiger charge is 2.15. The minimum atomic E-state index is -1.06. The Morgan fingerprint density at radius 2 is 2.19 bits per heavy atom. The summed E-state index contributed by atoms with van der Waals surface area (Å²) in [6, 6.07) is 0. The molecule has 1 heterocycles. The summed E-state index contributed by atoms with van der Waals surface area (Å²) in [5.41, 5.74) is 0.342. The first kappa shape index (κ1) is 12.6. The van der Waals surface area contributed by atoms with E-state index in [1.165, 1.54) is 11.3 Å². The Hall–Kier alpha value is -1.43. The molecule has 0 aliphatic rings. The van der Waals surface area contributed by atoms with E-state index in [0.717, 1.165) is 22.7 Å². The van der Waals surface area contributed by atoms with Gasteiger partial charge in [0.15, 0.2) is 0 Å². The molecule has 1 rings (SSSR count). The predicted molar refractivity (Wildman–Crippen MR) is 60.8 cm³/mol. The average molecular weight is 242 g/mol. The van der Waals surface area contributed by atoms with Gasteiger partial charge < -0.3 is 10.4 Å². The van der Waals surface area contributed by atoms with Gasteiger partial charge in [0.1, 0.15) is 12.2 Å². The monoisotopic (exact) mass is 242 g/mol. The van der Waals surface area contributed by atoms with Crippen molar-refractivity contribution in [1.29, 1.82) is 0 Å². The van der Waals surface area contributed by atoms with Crippen LogP contribution in [0, 0.1) is 6.92 Å². The molecule has 1 amide bonds. The molecule has 0 saturated heterocycles. The number of hydrogen-bond donors (Lipinski definition) is 2. The highest BCUT2D eigenvalue weighted by molar-refractivity contribution is 7.11. The number of nitrogens with one attached hydrogen (secondary N) is 1. The smallest absolute Gasteiger partial charge is 0.322 e. The van der Waals surface area contributed by atoms with Crippen LogP contribution in [-0.4, -0.2) is 28.5 Å². The number of carboxylic acid groups (broad SMARTS) is 1. The number of carbonyl (C=O) groups is 2. The maximum absolute atomic E-state index is 11.6. The lowest BCUT2D eigenvalue weighted by molar-refractivity contribution is -0.135. The predicted octanol–water partition coefficient (Wildman–Crippen LogP) is 1.22. The summed E-state index contributed by atoms with van der Waals surface area (Å²) in [6.07, 6.45) is 1.82. The Morgan fingerprint density at radius 3 is 2.75 bits per heavy atom. The van der Waals surface area contributed by atoms with Crippen LogP contribution >= 0.6 is 11.3 Å². The zero-order valence-electron chi connectivity index (χ0n) is 9.24. The SMILES string of the molecule is CCCc1nc(C(=O)NCC(=O)O)c(C)s1. The fraction of sp³-hybridized carbons (Fsp3) is 0.500. The molecule has 16 heavy (non-hydrogen) atoms. The summed E-state index contributed by atoms with van der Waals surface area (Å²) in [6.45, 7) is 3.48. The summed E-state index contributed by atoms with van der Waals surface area (Å²) >= 11 is 1.48. The first-order valence-corrected chi connectivity index (χ1v) is 5.82. The van der Waals surface area contributed by atoms with Crippen molar-refractivity contribution in [2.45, 2.75) is 26.7 Å². The molecule has 0 aromatic carbocycles. The van der Waals surface area contributed by atoms with E-state index in [0.29, 0.717) is 5.69 Å². The fourth-order valence-corrected chi connectivity index (χ4v) is 2.25. The second kappa shape index (κ2) is 5.60. The summed E-state index contributed by atoms with van der Waals surface area (Å²) in [5, 5.41) is 11.7. The minimum absolute atomic E-state index is 0.342. The van der Waals surface area contributed by atoms with Crippen LogP contribution < -0.4 is 5.32 Å². The summed E-state index contributed by atoms with van der Waals surface area (Å²) in [5.74, 6) is -1.48. The molecule has 0 spiro atoms. The lowest BCUT2D eigenvalue weighted by Gasteiger charge is -1.99. The van der Waals surface area contributed by atoms with Gasteiger partial charge in [-0.25, -0.2) is 4.98 Å². The van der Waals surface area contributed by atoms with Crippen molar-refractivity contribution >= 4 is 23.2 Å². The quantitative estimate of drug-likeness (QED) is 0.813. The zero-order valence-corrected chi connectivity index (χ0v) is 10.1. The van der Waals surface area contributed by atoms with Gasteiger partial charge in [-0.3, -0.25) is 9.59 Å². The molecule has 0 fully saturated rings. The van der Waals surface area contributed by atoms with Crippen LogP contribution in [0.1, 0.15) is 33.7 Å². The largest absolute Gasteiger partial charge is 0.480 e. The van der Waals surface area contributed by atoms with Crippen LogP contribution in [0.15, 0.2) is 0 Å². The molecule has 0 saturated carbocycles. The number of carbonyl (C=O) groups excluding carboxylic acids is 1. The number of aromatic nitrogens is 1. The molecule has 2 N–H and O–H groups in total. The summed E-state index contributed by atoms with van der Waals surface area (Å²) in [4.78, 5) is 26.9. The van der Waals surface area contributed by atoms with Crippen LogP contribution in [0.25, 0.3) is 0 Å². The minimum Gasteiger partial charge on any atom is -0.480 e. The van der Waals surface area contributed by atoms with E-state index in [9.17, 15) is 9.59 Å². The molecule has 6 heteroatoms. The van der Waals surface area contributed by atoms with Gasteiger partial charge in [0.2, 0.25) is 0 Å². The van der Waals surface area contributed by atoms with E-state index in [-0.39, 0.29) is 6.54 Å². The molecule has 0 atom stereocenters. The average Bonchev–Trinajstić information content (AvgIpc) is 2.56. The van der Waals surface area contributed by atoms with Crippen LogP contribution in [0.4, 0.5) is 0 Å². The van der Waals surface area contributed by atoms with Crippen molar-refractivity contribution in [3.8, 4) is 0 Å². The normalized spacial score (nSPS) is 10.1. The molecule has 0 radical (unpaired) electrons. The number of rotatable bonds is 5. The van der Waals surface area contributed by atoms with Gasteiger partial charge in [-0.15, -0.1) is 11.3 Å². The van der Waals surface area contributed by atoms with Gasteiger partial charge in [-0.2, -0.15) is 0 Å². The van der Waals surface area contributed by atoms with Gasteiger partial charge >= 0.3 is 5.97 Å². The molecular weight excluding hydrogens is 228 g/mol. The van der Waals surface area contributed by atoms with Crippen molar-refractivity contribution in [2.24, 2.45) is 0 Å². The fourth-order valence-electron chi connectivity index (χ4n) is 1.22. The molecule has 88 valence electrons. The third-order valence-electron chi connectivity index (χ3n) is 1.92. The third kappa shape index (κ3) is 3.30. The van der Waals surface area contributed by atoms with Gasteiger partial charge in [0.05, 0.1) is 5.01 Å². The first-order valence-electron chi connectivity index (χ1n) is 5.01. The maximum Gasteiger partial charge on any atom is 0.322 e. The molecule has 1 aromatic rings. The van der Waals surface area contributed by atoms with Crippen molar-refractivity contribution in [3.63, 3.8) is 0 Å². The van der Waals surface area contributed by atoms with Gasteiger partial charge in [0, 0.05) is 4.88 Å². The van der Waals surface area contributed by atoms with Crippen LogP contribution in [0.5, 0.6) is 0 Å². The second-order valence-corrected chi connectivity index (χ2v) is 4.63.